The first-order valence-electron chi connectivity index (χ1n) is 6.24. The molecule has 1 aromatic rings. The van der Waals surface area contributed by atoms with Crippen LogP contribution < -0.4 is 5.73 Å². The number of aromatic nitrogens is 1. The van der Waals surface area contributed by atoms with Gasteiger partial charge in [-0.2, -0.15) is 0 Å². The average molecular weight is 234 g/mol. The van der Waals surface area contributed by atoms with Crippen molar-refractivity contribution in [1.29, 1.82) is 0 Å². The number of nitrogens with zero attached hydrogens (tertiary/aromatic N) is 3. The smallest absolute Gasteiger partial charge is 0.0352 e. The highest BCUT2D eigenvalue weighted by atomic mass is 15.3. The molecule has 4 heteroatoms. The fourth-order valence-corrected chi connectivity index (χ4v) is 2.65. The minimum atomic E-state index is 0.455. The number of likely N-dealkylation sites (N-methyl/N-ethyl adjacent to an activating group) is 1. The Balaban J connectivity index is 2.07. The van der Waals surface area contributed by atoms with E-state index in [1.807, 2.05) is 12.4 Å². The Morgan fingerprint density at radius 3 is 2.71 bits per heavy atom. The molecule has 2 N–H and O–H groups in total. The monoisotopic (exact) mass is 234 g/mol. The molecule has 0 aliphatic carbocycles. The van der Waals surface area contributed by atoms with E-state index >= 15 is 0 Å². The lowest BCUT2D eigenvalue weighted by Crippen LogP contribution is -2.58. The van der Waals surface area contributed by atoms with Crippen molar-refractivity contribution in [3.8, 4) is 0 Å². The third-order valence-electron chi connectivity index (χ3n) is 3.52. The minimum Gasteiger partial charge on any atom is -0.329 e. The second-order valence-corrected chi connectivity index (χ2v) is 4.99. The Labute approximate surface area is 103 Å². The lowest BCUT2D eigenvalue weighted by Gasteiger charge is -2.44. The van der Waals surface area contributed by atoms with Gasteiger partial charge in [-0.3, -0.25) is 9.88 Å². The van der Waals surface area contributed by atoms with Crippen molar-refractivity contribution in [3.63, 3.8) is 0 Å². The molecule has 2 unspecified atom stereocenters. The standard InChI is InChI=1S/C13H22N4/c1-11-8-16(2)10-13(7-14)17(11)9-12-3-5-15-6-4-12/h3-6,11,13H,7-10,14H2,1-2H3. The maximum absolute atomic E-state index is 5.89. The molecule has 1 fully saturated rings. The van der Waals surface area contributed by atoms with Gasteiger partial charge in [0.2, 0.25) is 0 Å². The van der Waals surface area contributed by atoms with Gasteiger partial charge < -0.3 is 10.6 Å². The number of piperazine rings is 1. The normalized spacial score (nSPS) is 27.2. The van der Waals surface area contributed by atoms with Crippen molar-refractivity contribution in [2.75, 3.05) is 26.7 Å². The summed E-state index contributed by atoms with van der Waals surface area (Å²) in [6, 6.07) is 5.17. The predicted molar refractivity (Wildman–Crippen MR) is 69.6 cm³/mol. The average Bonchev–Trinajstić information content (AvgIpc) is 2.33. The van der Waals surface area contributed by atoms with E-state index < -0.39 is 0 Å². The van der Waals surface area contributed by atoms with Crippen molar-refractivity contribution >= 4 is 0 Å². The van der Waals surface area contributed by atoms with Crippen LogP contribution in [0.4, 0.5) is 0 Å². The second kappa shape index (κ2) is 5.58. The molecule has 1 aliphatic rings. The van der Waals surface area contributed by atoms with Crippen LogP contribution in [0.5, 0.6) is 0 Å². The van der Waals surface area contributed by atoms with Crippen LogP contribution in [0, 0.1) is 0 Å². The first-order valence-corrected chi connectivity index (χ1v) is 6.24. The summed E-state index contributed by atoms with van der Waals surface area (Å²) in [7, 11) is 2.17. The summed E-state index contributed by atoms with van der Waals surface area (Å²) in [5.41, 5.74) is 7.21. The van der Waals surface area contributed by atoms with Gasteiger partial charge in [0.15, 0.2) is 0 Å². The molecule has 1 aromatic heterocycles. The summed E-state index contributed by atoms with van der Waals surface area (Å²) < 4.78 is 0. The van der Waals surface area contributed by atoms with Gasteiger partial charge in [0, 0.05) is 50.7 Å². The molecule has 0 bridgehead atoms. The third-order valence-corrected chi connectivity index (χ3v) is 3.52. The maximum Gasteiger partial charge on any atom is 0.0352 e. The van der Waals surface area contributed by atoms with Crippen LogP contribution in [-0.2, 0) is 6.54 Å². The highest BCUT2D eigenvalue weighted by molar-refractivity contribution is 5.10. The van der Waals surface area contributed by atoms with E-state index in [4.69, 9.17) is 5.73 Å². The number of pyridine rings is 1. The van der Waals surface area contributed by atoms with Crippen molar-refractivity contribution < 1.29 is 0 Å². The lowest BCUT2D eigenvalue weighted by molar-refractivity contribution is 0.0411. The fraction of sp³-hybridized carbons (Fsp3) is 0.615. The van der Waals surface area contributed by atoms with Crippen molar-refractivity contribution in [1.82, 2.24) is 14.8 Å². The van der Waals surface area contributed by atoms with E-state index in [1.54, 1.807) is 0 Å². The first kappa shape index (κ1) is 12.5. The molecule has 0 aromatic carbocycles. The molecular weight excluding hydrogens is 212 g/mol. The Bertz CT molecular complexity index is 341. The lowest BCUT2D eigenvalue weighted by atomic mass is 10.1. The van der Waals surface area contributed by atoms with Gasteiger partial charge in [0.1, 0.15) is 0 Å². The quantitative estimate of drug-likeness (QED) is 0.829. The van der Waals surface area contributed by atoms with Crippen LogP contribution in [0.25, 0.3) is 0 Å². The summed E-state index contributed by atoms with van der Waals surface area (Å²) in [5.74, 6) is 0. The van der Waals surface area contributed by atoms with E-state index in [1.165, 1.54) is 5.56 Å². The molecule has 94 valence electrons. The summed E-state index contributed by atoms with van der Waals surface area (Å²) in [6.07, 6.45) is 3.71. The molecule has 4 nitrogen and oxygen atoms in total. The van der Waals surface area contributed by atoms with Gasteiger partial charge in [0.25, 0.3) is 0 Å². The van der Waals surface area contributed by atoms with Crippen LogP contribution in [0.15, 0.2) is 24.5 Å². The zero-order valence-corrected chi connectivity index (χ0v) is 10.7. The van der Waals surface area contributed by atoms with Crippen molar-refractivity contribution in [2.24, 2.45) is 5.73 Å². The van der Waals surface area contributed by atoms with Gasteiger partial charge in [-0.25, -0.2) is 0 Å². The van der Waals surface area contributed by atoms with E-state index in [2.05, 4.69) is 40.9 Å². The number of nitrogens with two attached hydrogens (primary N) is 1. The van der Waals surface area contributed by atoms with E-state index in [-0.39, 0.29) is 0 Å². The van der Waals surface area contributed by atoms with Crippen LogP contribution in [0.3, 0.4) is 0 Å². The fourth-order valence-electron chi connectivity index (χ4n) is 2.65. The SMILES string of the molecule is CC1CN(C)CC(CN)N1Cc1ccncc1. The Morgan fingerprint density at radius 2 is 2.06 bits per heavy atom. The molecule has 0 amide bonds. The zero-order valence-electron chi connectivity index (χ0n) is 10.7. The van der Waals surface area contributed by atoms with Crippen LogP contribution in [-0.4, -0.2) is 53.5 Å². The molecule has 0 saturated carbocycles. The predicted octanol–water partition coefficient (Wildman–Crippen LogP) is 0.545. The molecule has 2 heterocycles. The summed E-state index contributed by atoms with van der Waals surface area (Å²) in [5, 5.41) is 0. The molecule has 1 saturated heterocycles. The summed E-state index contributed by atoms with van der Waals surface area (Å²) in [6.45, 7) is 6.15. The van der Waals surface area contributed by atoms with Crippen LogP contribution >= 0.6 is 0 Å². The van der Waals surface area contributed by atoms with Crippen molar-refractivity contribution in [3.05, 3.63) is 30.1 Å². The highest BCUT2D eigenvalue weighted by Gasteiger charge is 2.29. The summed E-state index contributed by atoms with van der Waals surface area (Å²) >= 11 is 0. The summed E-state index contributed by atoms with van der Waals surface area (Å²) in [4.78, 5) is 8.93. The van der Waals surface area contributed by atoms with E-state index in [9.17, 15) is 0 Å². The molecule has 2 atom stereocenters. The third kappa shape index (κ3) is 3.03. The molecular formula is C13H22N4. The number of hydrogen-bond donors (Lipinski definition) is 1. The number of rotatable bonds is 3. The van der Waals surface area contributed by atoms with E-state index in [0.29, 0.717) is 12.1 Å². The van der Waals surface area contributed by atoms with Crippen molar-refractivity contribution in [2.45, 2.75) is 25.6 Å². The molecule has 17 heavy (non-hydrogen) atoms. The van der Waals surface area contributed by atoms with Gasteiger partial charge in [0.05, 0.1) is 0 Å². The first-order chi connectivity index (χ1) is 8.20. The minimum absolute atomic E-state index is 0.455. The maximum atomic E-state index is 5.89. The van der Waals surface area contributed by atoms with E-state index in [0.717, 1.165) is 26.2 Å². The van der Waals surface area contributed by atoms with Gasteiger partial charge >= 0.3 is 0 Å². The van der Waals surface area contributed by atoms with Gasteiger partial charge in [-0.05, 0) is 31.7 Å². The molecule has 1 aliphatic heterocycles. The highest BCUT2D eigenvalue weighted by Crippen LogP contribution is 2.17. The van der Waals surface area contributed by atoms with Gasteiger partial charge in [-0.1, -0.05) is 0 Å². The molecule has 0 radical (unpaired) electrons. The van der Waals surface area contributed by atoms with Gasteiger partial charge in [-0.15, -0.1) is 0 Å². The Morgan fingerprint density at radius 1 is 1.35 bits per heavy atom. The second-order valence-electron chi connectivity index (χ2n) is 4.99. The van der Waals surface area contributed by atoms with Crippen LogP contribution in [0.1, 0.15) is 12.5 Å². The Hall–Kier alpha value is -0.970. The molecule has 0 spiro atoms. The van der Waals surface area contributed by atoms with Crippen LogP contribution in [0.2, 0.25) is 0 Å². The number of hydrogen-bond acceptors (Lipinski definition) is 4. The largest absolute Gasteiger partial charge is 0.329 e. The topological polar surface area (TPSA) is 45.4 Å². The molecule has 2 rings (SSSR count). The zero-order chi connectivity index (χ0) is 12.3. The Kier molecular flexibility index (Phi) is 4.10.